The zero-order valence-corrected chi connectivity index (χ0v) is 9.50. The molecule has 15 heavy (non-hydrogen) atoms. The van der Waals surface area contributed by atoms with E-state index in [-0.39, 0.29) is 6.61 Å². The number of methoxy groups -OCH3 is 1. The molecule has 0 amide bonds. The van der Waals surface area contributed by atoms with E-state index in [0.717, 1.165) is 17.8 Å². The minimum Gasteiger partial charge on any atom is -0.395 e. The molecule has 0 atom stereocenters. The number of aliphatic hydroxyl groups is 1. The Hall–Kier alpha value is -0.910. The molecule has 0 spiro atoms. The lowest BCUT2D eigenvalue weighted by Crippen LogP contribution is -2.29. The molecule has 0 aromatic carbocycles. The third-order valence-corrected chi connectivity index (χ3v) is 3.05. The molecule has 1 aromatic heterocycles. The van der Waals surface area contributed by atoms with Gasteiger partial charge in [-0.1, -0.05) is 0 Å². The zero-order chi connectivity index (χ0) is 11.1. The summed E-state index contributed by atoms with van der Waals surface area (Å²) in [4.78, 5) is 13.2. The highest BCUT2D eigenvalue weighted by Crippen LogP contribution is 2.24. The Morgan fingerprint density at radius 2 is 2.33 bits per heavy atom. The molecule has 0 aliphatic carbocycles. The highest BCUT2D eigenvalue weighted by Gasteiger charge is 2.08. The van der Waals surface area contributed by atoms with Crippen LogP contribution in [0, 0.1) is 0 Å². The lowest BCUT2D eigenvalue weighted by molar-refractivity contribution is 0.112. The van der Waals surface area contributed by atoms with Gasteiger partial charge in [-0.2, -0.15) is 0 Å². The third-order valence-electron chi connectivity index (χ3n) is 1.98. The first kappa shape index (κ1) is 12.2. The summed E-state index contributed by atoms with van der Waals surface area (Å²) in [7, 11) is 1.64. The molecular weight excluding hydrogens is 214 g/mol. The number of ether oxygens (including phenoxy) is 1. The summed E-state index contributed by atoms with van der Waals surface area (Å²) in [6.45, 7) is 1.98. The highest BCUT2D eigenvalue weighted by molar-refractivity contribution is 7.17. The van der Waals surface area contributed by atoms with E-state index in [9.17, 15) is 4.79 Å². The van der Waals surface area contributed by atoms with E-state index in [1.54, 1.807) is 13.2 Å². The second-order valence-corrected chi connectivity index (χ2v) is 4.09. The Kier molecular flexibility index (Phi) is 5.31. The van der Waals surface area contributed by atoms with Gasteiger partial charge < -0.3 is 14.7 Å². The second-order valence-electron chi connectivity index (χ2n) is 3.00. The standard InChI is InChI=1S/C10H15NO3S/c1-14-7-5-11(4-6-12)10-3-2-9(8-13)15-10/h2-3,8,12H,4-7H2,1H3. The fraction of sp³-hybridized carbons (Fsp3) is 0.500. The van der Waals surface area contributed by atoms with Crippen molar-refractivity contribution in [2.45, 2.75) is 0 Å². The molecule has 0 saturated heterocycles. The monoisotopic (exact) mass is 229 g/mol. The molecule has 0 radical (unpaired) electrons. The highest BCUT2D eigenvalue weighted by atomic mass is 32.1. The van der Waals surface area contributed by atoms with Gasteiger partial charge in [-0.05, 0) is 12.1 Å². The van der Waals surface area contributed by atoms with E-state index in [1.807, 2.05) is 11.0 Å². The Morgan fingerprint density at radius 1 is 1.53 bits per heavy atom. The average molecular weight is 229 g/mol. The van der Waals surface area contributed by atoms with Gasteiger partial charge in [-0.15, -0.1) is 11.3 Å². The van der Waals surface area contributed by atoms with Crippen molar-refractivity contribution < 1.29 is 14.6 Å². The molecule has 0 aliphatic heterocycles. The summed E-state index contributed by atoms with van der Waals surface area (Å²) in [6, 6.07) is 3.67. The fourth-order valence-corrected chi connectivity index (χ4v) is 2.10. The summed E-state index contributed by atoms with van der Waals surface area (Å²) in [5, 5.41) is 9.90. The quantitative estimate of drug-likeness (QED) is 0.709. The van der Waals surface area contributed by atoms with Crippen LogP contribution in [-0.2, 0) is 4.74 Å². The maximum absolute atomic E-state index is 10.5. The van der Waals surface area contributed by atoms with Gasteiger partial charge in [-0.25, -0.2) is 0 Å². The van der Waals surface area contributed by atoms with Gasteiger partial charge >= 0.3 is 0 Å². The number of aliphatic hydroxyl groups excluding tert-OH is 1. The first-order valence-electron chi connectivity index (χ1n) is 4.71. The maximum atomic E-state index is 10.5. The molecule has 1 heterocycles. The number of aldehydes is 1. The summed E-state index contributed by atoms with van der Waals surface area (Å²) >= 11 is 1.42. The molecule has 0 aliphatic rings. The number of hydrogen-bond donors (Lipinski definition) is 1. The van der Waals surface area contributed by atoms with Crippen LogP contribution in [0.5, 0.6) is 0 Å². The van der Waals surface area contributed by atoms with Gasteiger partial charge in [-0.3, -0.25) is 4.79 Å². The van der Waals surface area contributed by atoms with Crippen LogP contribution in [-0.4, -0.2) is 44.8 Å². The van der Waals surface area contributed by atoms with Crippen molar-refractivity contribution in [3.8, 4) is 0 Å². The first-order valence-corrected chi connectivity index (χ1v) is 5.53. The summed E-state index contributed by atoms with van der Waals surface area (Å²) in [5.74, 6) is 0. The van der Waals surface area contributed by atoms with Crippen molar-refractivity contribution >= 4 is 22.6 Å². The summed E-state index contributed by atoms with van der Waals surface area (Å²) < 4.78 is 4.99. The van der Waals surface area contributed by atoms with Crippen LogP contribution < -0.4 is 4.90 Å². The van der Waals surface area contributed by atoms with Gasteiger partial charge in [0.05, 0.1) is 23.1 Å². The lowest BCUT2D eigenvalue weighted by atomic mass is 10.4. The van der Waals surface area contributed by atoms with Crippen LogP contribution in [0.25, 0.3) is 0 Å². The van der Waals surface area contributed by atoms with Gasteiger partial charge in [0.25, 0.3) is 0 Å². The molecule has 0 bridgehead atoms. The molecule has 0 unspecified atom stereocenters. The molecule has 5 heteroatoms. The summed E-state index contributed by atoms with van der Waals surface area (Å²) in [6.07, 6.45) is 0.835. The van der Waals surface area contributed by atoms with Crippen LogP contribution in [0.3, 0.4) is 0 Å². The van der Waals surface area contributed by atoms with Crippen molar-refractivity contribution in [3.63, 3.8) is 0 Å². The molecule has 1 rings (SSSR count). The molecule has 1 N–H and O–H groups in total. The second kappa shape index (κ2) is 6.55. The number of nitrogens with zero attached hydrogens (tertiary/aromatic N) is 1. The number of hydrogen-bond acceptors (Lipinski definition) is 5. The molecule has 0 fully saturated rings. The van der Waals surface area contributed by atoms with E-state index in [4.69, 9.17) is 9.84 Å². The maximum Gasteiger partial charge on any atom is 0.160 e. The predicted octanol–water partition coefficient (Wildman–Crippen LogP) is 1.01. The fourth-order valence-electron chi connectivity index (χ4n) is 1.23. The smallest absolute Gasteiger partial charge is 0.160 e. The molecular formula is C10H15NO3S. The normalized spacial score (nSPS) is 10.3. The van der Waals surface area contributed by atoms with Crippen molar-refractivity contribution in [2.75, 3.05) is 38.3 Å². The van der Waals surface area contributed by atoms with Crippen molar-refractivity contribution in [1.29, 1.82) is 0 Å². The van der Waals surface area contributed by atoms with E-state index < -0.39 is 0 Å². The average Bonchev–Trinajstić information content (AvgIpc) is 2.72. The number of rotatable bonds is 7. The Bertz CT molecular complexity index is 301. The van der Waals surface area contributed by atoms with Gasteiger partial charge in [0, 0.05) is 20.2 Å². The Morgan fingerprint density at radius 3 is 2.87 bits per heavy atom. The zero-order valence-electron chi connectivity index (χ0n) is 8.68. The number of carbonyl (C=O) groups is 1. The molecule has 84 valence electrons. The number of anilines is 1. The van der Waals surface area contributed by atoms with E-state index >= 15 is 0 Å². The Balaban J connectivity index is 2.64. The van der Waals surface area contributed by atoms with Crippen LogP contribution in [0.1, 0.15) is 9.67 Å². The van der Waals surface area contributed by atoms with Crippen LogP contribution in [0.4, 0.5) is 5.00 Å². The Labute approximate surface area is 93.1 Å². The van der Waals surface area contributed by atoms with Crippen molar-refractivity contribution in [3.05, 3.63) is 17.0 Å². The summed E-state index contributed by atoms with van der Waals surface area (Å²) in [5.41, 5.74) is 0. The van der Waals surface area contributed by atoms with E-state index in [2.05, 4.69) is 0 Å². The van der Waals surface area contributed by atoms with Crippen LogP contribution in [0.2, 0.25) is 0 Å². The minimum absolute atomic E-state index is 0.0953. The van der Waals surface area contributed by atoms with Crippen LogP contribution >= 0.6 is 11.3 Å². The molecule has 1 aromatic rings. The SMILES string of the molecule is COCCN(CCO)c1ccc(C=O)s1. The van der Waals surface area contributed by atoms with Gasteiger partial charge in [0.15, 0.2) is 6.29 Å². The van der Waals surface area contributed by atoms with Gasteiger partial charge in [0.1, 0.15) is 0 Å². The van der Waals surface area contributed by atoms with Crippen LogP contribution in [0.15, 0.2) is 12.1 Å². The lowest BCUT2D eigenvalue weighted by Gasteiger charge is -2.21. The largest absolute Gasteiger partial charge is 0.395 e. The van der Waals surface area contributed by atoms with E-state index in [1.165, 1.54) is 11.3 Å². The minimum atomic E-state index is 0.0953. The topological polar surface area (TPSA) is 49.8 Å². The van der Waals surface area contributed by atoms with Gasteiger partial charge in [0.2, 0.25) is 0 Å². The predicted molar refractivity (Wildman–Crippen MR) is 60.9 cm³/mol. The molecule has 0 saturated carbocycles. The van der Waals surface area contributed by atoms with E-state index in [0.29, 0.717) is 18.0 Å². The number of thiophene rings is 1. The molecule has 4 nitrogen and oxygen atoms in total. The first-order chi connectivity index (χ1) is 7.31. The third kappa shape index (κ3) is 3.62. The number of carbonyl (C=O) groups excluding carboxylic acids is 1. The van der Waals surface area contributed by atoms with Crippen molar-refractivity contribution in [1.82, 2.24) is 0 Å². The van der Waals surface area contributed by atoms with Crippen molar-refractivity contribution in [2.24, 2.45) is 0 Å².